The Kier molecular flexibility index (Phi) is 9.02. The lowest BCUT2D eigenvalue weighted by atomic mass is 9.95. The molecule has 12 nitrogen and oxygen atoms in total. The van der Waals surface area contributed by atoms with E-state index >= 15 is 0 Å². The van der Waals surface area contributed by atoms with Crippen molar-refractivity contribution in [1.29, 1.82) is 0 Å². The van der Waals surface area contributed by atoms with E-state index in [1.165, 1.54) is 33.1 Å². The number of carbonyl (C=O) groups excluding carboxylic acids is 2. The number of rotatable bonds is 9. The van der Waals surface area contributed by atoms with Crippen molar-refractivity contribution < 1.29 is 52.6 Å². The molecule has 0 aromatic heterocycles. The molecule has 1 amide bonds. The molecule has 0 radical (unpaired) electrons. The van der Waals surface area contributed by atoms with E-state index in [-0.39, 0.29) is 6.61 Å². The molecular formula is C27H31NO11. The molecular weight excluding hydrogens is 514 g/mol. The van der Waals surface area contributed by atoms with Crippen LogP contribution in [0.5, 0.6) is 11.5 Å². The van der Waals surface area contributed by atoms with Gasteiger partial charge in [0, 0.05) is 12.5 Å². The molecule has 0 saturated carbocycles. The second-order valence-electron chi connectivity index (χ2n) is 9.02. The number of ether oxygens (including phenoxy) is 7. The zero-order chi connectivity index (χ0) is 28.1. The molecule has 0 aliphatic carbocycles. The van der Waals surface area contributed by atoms with Gasteiger partial charge in [0.1, 0.15) is 35.9 Å². The smallest absolute Gasteiger partial charge is 0.337 e. The first-order valence-corrected chi connectivity index (χ1v) is 12.3. The number of fused-ring (bicyclic) bond motifs is 1. The van der Waals surface area contributed by atoms with Crippen molar-refractivity contribution in [3.63, 3.8) is 0 Å². The molecule has 2 heterocycles. The number of nitrogens with one attached hydrogen (secondary N) is 1. The number of esters is 1. The van der Waals surface area contributed by atoms with Gasteiger partial charge in [0.05, 0.1) is 26.4 Å². The number of methoxy groups -OCH3 is 2. The van der Waals surface area contributed by atoms with Crippen LogP contribution in [0.2, 0.25) is 0 Å². The Morgan fingerprint density at radius 1 is 1.00 bits per heavy atom. The molecule has 4 rings (SSSR count). The number of amides is 1. The van der Waals surface area contributed by atoms with Crippen LogP contribution in [0.15, 0.2) is 48.5 Å². The highest BCUT2D eigenvalue weighted by atomic mass is 16.8. The molecule has 2 saturated heterocycles. The summed E-state index contributed by atoms with van der Waals surface area (Å²) in [6.45, 7) is 2.78. The maximum absolute atomic E-state index is 12.2. The summed E-state index contributed by atoms with van der Waals surface area (Å²) in [4.78, 5) is 35.7. The van der Waals surface area contributed by atoms with Crippen LogP contribution >= 0.6 is 0 Å². The number of benzene rings is 2. The zero-order valence-corrected chi connectivity index (χ0v) is 21.9. The molecule has 2 aliphatic rings. The van der Waals surface area contributed by atoms with Gasteiger partial charge < -0.3 is 43.6 Å². The highest BCUT2D eigenvalue weighted by Gasteiger charge is 2.53. The van der Waals surface area contributed by atoms with Crippen molar-refractivity contribution in [1.82, 2.24) is 5.32 Å². The third kappa shape index (κ3) is 6.66. The molecule has 2 fully saturated rings. The van der Waals surface area contributed by atoms with Crippen LogP contribution in [-0.4, -0.2) is 80.5 Å². The first kappa shape index (κ1) is 28.3. The molecule has 210 valence electrons. The lowest BCUT2D eigenvalue weighted by Crippen LogP contribution is -2.68. The molecule has 7 unspecified atom stereocenters. The van der Waals surface area contributed by atoms with Gasteiger partial charge in [-0.25, -0.2) is 9.59 Å². The van der Waals surface area contributed by atoms with Crippen molar-refractivity contribution in [2.45, 2.75) is 56.9 Å². The number of hydrogen-bond acceptors (Lipinski definition) is 10. The predicted molar refractivity (Wildman–Crippen MR) is 133 cm³/mol. The summed E-state index contributed by atoms with van der Waals surface area (Å²) in [5, 5.41) is 12.3. The van der Waals surface area contributed by atoms with Crippen LogP contribution in [0.4, 0.5) is 0 Å². The minimum Gasteiger partial charge on any atom is -0.497 e. The highest BCUT2D eigenvalue weighted by Crippen LogP contribution is 2.37. The number of carboxylic acid groups (broad SMARTS) is 1. The Balaban J connectivity index is 1.62. The summed E-state index contributed by atoms with van der Waals surface area (Å²) in [5.41, 5.74) is 1.03. The fraction of sp³-hybridized carbons (Fsp3) is 0.444. The first-order chi connectivity index (χ1) is 18.7. The van der Waals surface area contributed by atoms with Crippen LogP contribution in [-0.2, 0) is 33.3 Å². The first-order valence-electron chi connectivity index (χ1n) is 12.3. The molecule has 39 heavy (non-hydrogen) atoms. The molecule has 0 spiro atoms. The quantitative estimate of drug-likeness (QED) is 0.446. The van der Waals surface area contributed by atoms with Crippen LogP contribution in [0, 0.1) is 0 Å². The van der Waals surface area contributed by atoms with Gasteiger partial charge in [-0.3, -0.25) is 4.79 Å². The maximum atomic E-state index is 12.2. The topological polar surface area (TPSA) is 148 Å². The van der Waals surface area contributed by atoms with Gasteiger partial charge in [-0.15, -0.1) is 0 Å². The van der Waals surface area contributed by atoms with Crippen molar-refractivity contribution >= 4 is 17.8 Å². The van der Waals surface area contributed by atoms with E-state index in [1.807, 2.05) is 0 Å². The summed E-state index contributed by atoms with van der Waals surface area (Å²) in [7, 11) is 2.84. The Bertz CT molecular complexity index is 1150. The Morgan fingerprint density at radius 2 is 1.67 bits per heavy atom. The fourth-order valence-electron chi connectivity index (χ4n) is 4.37. The molecule has 2 aromatic rings. The molecule has 0 bridgehead atoms. The maximum Gasteiger partial charge on any atom is 0.337 e. The minimum atomic E-state index is -1.23. The summed E-state index contributed by atoms with van der Waals surface area (Å²) < 4.78 is 40.3. The SMILES string of the molecule is COC(=O)c1ccc(OC2OC3COC(c4ccc(OC)cc4)OC3C(OC(C)C(=O)O)C2NC(C)=O)cc1. The Morgan fingerprint density at radius 3 is 2.26 bits per heavy atom. The lowest BCUT2D eigenvalue weighted by molar-refractivity contribution is -0.340. The van der Waals surface area contributed by atoms with E-state index < -0.39 is 60.9 Å². The van der Waals surface area contributed by atoms with Crippen molar-refractivity contribution in [3.05, 3.63) is 59.7 Å². The Labute approximate surface area is 225 Å². The largest absolute Gasteiger partial charge is 0.497 e. The second kappa shape index (κ2) is 12.4. The van der Waals surface area contributed by atoms with E-state index in [0.717, 1.165) is 0 Å². The summed E-state index contributed by atoms with van der Waals surface area (Å²) >= 11 is 0. The third-order valence-electron chi connectivity index (χ3n) is 6.33. The molecule has 12 heteroatoms. The Hall–Kier alpha value is -3.71. The van der Waals surface area contributed by atoms with E-state index in [1.54, 1.807) is 43.5 Å². The number of aliphatic carboxylic acids is 1. The van der Waals surface area contributed by atoms with E-state index in [9.17, 15) is 19.5 Å². The van der Waals surface area contributed by atoms with Gasteiger partial charge in [0.2, 0.25) is 12.2 Å². The monoisotopic (exact) mass is 545 g/mol. The highest BCUT2D eigenvalue weighted by molar-refractivity contribution is 5.89. The van der Waals surface area contributed by atoms with Gasteiger partial charge in [0.15, 0.2) is 12.4 Å². The molecule has 2 aliphatic heterocycles. The van der Waals surface area contributed by atoms with Crippen molar-refractivity contribution in [2.75, 3.05) is 20.8 Å². The van der Waals surface area contributed by atoms with Crippen LogP contribution in [0.3, 0.4) is 0 Å². The molecule has 2 aromatic carbocycles. The standard InChI is InChI=1S/C27H31NO11/c1-14(24(30)31)36-23-21(28-15(2)29)27(37-19-11-5-16(6-12-19)25(32)34-4)38-20-13-35-26(39-22(20)23)17-7-9-18(33-3)10-8-17/h5-12,14,20-23,26-27H,13H2,1-4H3,(H,28,29)(H,30,31). The van der Waals surface area contributed by atoms with Crippen molar-refractivity contribution in [3.8, 4) is 11.5 Å². The summed E-state index contributed by atoms with van der Waals surface area (Å²) in [5.74, 6) is -1.11. The van der Waals surface area contributed by atoms with Gasteiger partial charge in [-0.2, -0.15) is 0 Å². The van der Waals surface area contributed by atoms with E-state index in [0.29, 0.717) is 22.6 Å². The van der Waals surface area contributed by atoms with Crippen LogP contribution in [0.25, 0.3) is 0 Å². The van der Waals surface area contributed by atoms with E-state index in [2.05, 4.69) is 5.32 Å². The van der Waals surface area contributed by atoms with Gasteiger partial charge >= 0.3 is 11.9 Å². The number of carboxylic acids is 1. The van der Waals surface area contributed by atoms with Gasteiger partial charge in [0.25, 0.3) is 0 Å². The molecule has 2 N–H and O–H groups in total. The lowest BCUT2D eigenvalue weighted by Gasteiger charge is -2.49. The average Bonchev–Trinajstić information content (AvgIpc) is 2.94. The predicted octanol–water partition coefficient (Wildman–Crippen LogP) is 2.06. The van der Waals surface area contributed by atoms with Crippen molar-refractivity contribution in [2.24, 2.45) is 0 Å². The zero-order valence-electron chi connectivity index (χ0n) is 21.9. The van der Waals surface area contributed by atoms with E-state index in [4.69, 9.17) is 33.2 Å². The number of hydrogen-bond donors (Lipinski definition) is 2. The van der Waals surface area contributed by atoms with Gasteiger partial charge in [-0.1, -0.05) is 12.1 Å². The molecule has 7 atom stereocenters. The summed E-state index contributed by atoms with van der Waals surface area (Å²) in [6.07, 6.45) is -5.64. The normalized spacial score (nSPS) is 27.0. The van der Waals surface area contributed by atoms with Gasteiger partial charge in [-0.05, 0) is 43.3 Å². The van der Waals surface area contributed by atoms with Crippen LogP contribution < -0.4 is 14.8 Å². The second-order valence-corrected chi connectivity index (χ2v) is 9.02. The third-order valence-corrected chi connectivity index (χ3v) is 6.33. The summed E-state index contributed by atoms with van der Waals surface area (Å²) in [6, 6.07) is 12.3. The van der Waals surface area contributed by atoms with Crippen LogP contribution in [0.1, 0.15) is 36.1 Å². The minimum absolute atomic E-state index is 0.0800. The average molecular weight is 546 g/mol. The fourth-order valence-corrected chi connectivity index (χ4v) is 4.37. The number of carbonyl (C=O) groups is 3.